The van der Waals surface area contributed by atoms with Gasteiger partial charge in [-0.05, 0) is 30.5 Å². The second kappa shape index (κ2) is 4.33. The maximum Gasteiger partial charge on any atom is 0.149 e. The number of rotatable bonds is 3. The highest BCUT2D eigenvalue weighted by atomic mass is 32.2. The van der Waals surface area contributed by atoms with Crippen LogP contribution in [0.3, 0.4) is 0 Å². The lowest BCUT2D eigenvalue weighted by Gasteiger charge is -2.15. The summed E-state index contributed by atoms with van der Waals surface area (Å²) in [5, 5.41) is 0. The second-order valence-electron chi connectivity index (χ2n) is 3.99. The molecular weight excluding hydrogens is 210 g/mol. The lowest BCUT2D eigenvalue weighted by molar-refractivity contribution is 0.594. The fourth-order valence-electron chi connectivity index (χ4n) is 1.59. The molecule has 2 N–H and O–H groups in total. The zero-order valence-electron chi connectivity index (χ0n) is 9.32. The van der Waals surface area contributed by atoms with E-state index in [1.54, 1.807) is 0 Å². The van der Waals surface area contributed by atoms with E-state index in [2.05, 4.69) is 0 Å². The predicted molar refractivity (Wildman–Crippen MR) is 62.6 cm³/mol. The van der Waals surface area contributed by atoms with Crippen LogP contribution in [0.2, 0.25) is 0 Å². The third-order valence-electron chi connectivity index (χ3n) is 2.53. The van der Waals surface area contributed by atoms with Crippen molar-refractivity contribution in [2.45, 2.75) is 19.9 Å². The number of sulfone groups is 1. The molecule has 0 aliphatic heterocycles. The summed E-state index contributed by atoms with van der Waals surface area (Å²) in [5.41, 5.74) is 9.00. The molecule has 0 aliphatic rings. The smallest absolute Gasteiger partial charge is 0.149 e. The molecule has 0 saturated heterocycles. The predicted octanol–water partition coefficient (Wildman–Crippen LogP) is 1.35. The molecule has 0 bridgehead atoms. The van der Waals surface area contributed by atoms with Crippen LogP contribution in [0, 0.1) is 13.8 Å². The van der Waals surface area contributed by atoms with Gasteiger partial charge in [0.1, 0.15) is 9.84 Å². The summed E-state index contributed by atoms with van der Waals surface area (Å²) in [4.78, 5) is 0. The van der Waals surface area contributed by atoms with Gasteiger partial charge in [-0.15, -0.1) is 0 Å². The van der Waals surface area contributed by atoms with Crippen molar-refractivity contribution in [2.24, 2.45) is 5.73 Å². The van der Waals surface area contributed by atoms with Crippen LogP contribution in [-0.4, -0.2) is 20.4 Å². The third kappa shape index (κ3) is 3.32. The van der Waals surface area contributed by atoms with Crippen molar-refractivity contribution in [1.82, 2.24) is 0 Å². The quantitative estimate of drug-likeness (QED) is 0.848. The lowest BCUT2D eigenvalue weighted by Crippen LogP contribution is -2.21. The van der Waals surface area contributed by atoms with Crippen LogP contribution in [0.25, 0.3) is 0 Å². The Labute approximate surface area is 91.2 Å². The average molecular weight is 227 g/mol. The summed E-state index contributed by atoms with van der Waals surface area (Å²) in [6.07, 6.45) is 1.21. The first-order chi connectivity index (χ1) is 6.81. The highest BCUT2D eigenvalue weighted by Crippen LogP contribution is 2.19. The minimum absolute atomic E-state index is 0.00269. The van der Waals surface area contributed by atoms with Gasteiger partial charge in [0.15, 0.2) is 0 Å². The molecule has 1 atom stereocenters. The summed E-state index contributed by atoms with van der Waals surface area (Å²) in [6, 6.07) is 5.35. The van der Waals surface area contributed by atoms with Gasteiger partial charge in [0.25, 0.3) is 0 Å². The van der Waals surface area contributed by atoms with Gasteiger partial charge < -0.3 is 5.73 Å². The van der Waals surface area contributed by atoms with Crippen LogP contribution in [0.4, 0.5) is 0 Å². The zero-order valence-corrected chi connectivity index (χ0v) is 10.1. The van der Waals surface area contributed by atoms with Crippen LogP contribution in [0.5, 0.6) is 0 Å². The van der Waals surface area contributed by atoms with Crippen LogP contribution >= 0.6 is 0 Å². The molecular formula is C11H17NO2S. The molecule has 1 aromatic rings. The number of hydrogen-bond donors (Lipinski definition) is 1. The van der Waals surface area contributed by atoms with E-state index in [1.165, 1.54) is 6.26 Å². The van der Waals surface area contributed by atoms with Gasteiger partial charge in [-0.2, -0.15) is 0 Å². The lowest BCUT2D eigenvalue weighted by atomic mass is 9.99. The first-order valence-electron chi connectivity index (χ1n) is 4.80. The number of nitrogens with two attached hydrogens (primary N) is 1. The van der Waals surface area contributed by atoms with Crippen molar-refractivity contribution in [3.8, 4) is 0 Å². The largest absolute Gasteiger partial charge is 0.323 e. The van der Waals surface area contributed by atoms with Gasteiger partial charge >= 0.3 is 0 Å². The van der Waals surface area contributed by atoms with Crippen LogP contribution in [-0.2, 0) is 9.84 Å². The van der Waals surface area contributed by atoms with E-state index in [0.717, 1.165) is 16.7 Å². The summed E-state index contributed by atoms with van der Waals surface area (Å²) in [7, 11) is -3.03. The SMILES string of the molecule is Cc1cccc(C(N)CS(C)(=O)=O)c1C. The Morgan fingerprint density at radius 1 is 1.33 bits per heavy atom. The van der Waals surface area contributed by atoms with Crippen molar-refractivity contribution in [1.29, 1.82) is 0 Å². The van der Waals surface area contributed by atoms with Crippen LogP contribution in [0.1, 0.15) is 22.7 Å². The minimum Gasteiger partial charge on any atom is -0.323 e. The van der Waals surface area contributed by atoms with E-state index in [-0.39, 0.29) is 5.75 Å². The van der Waals surface area contributed by atoms with E-state index in [1.807, 2.05) is 32.0 Å². The van der Waals surface area contributed by atoms with E-state index < -0.39 is 15.9 Å². The van der Waals surface area contributed by atoms with Gasteiger partial charge in [0.05, 0.1) is 5.75 Å². The van der Waals surface area contributed by atoms with E-state index in [9.17, 15) is 8.42 Å². The monoisotopic (exact) mass is 227 g/mol. The Balaban J connectivity index is 3.02. The molecule has 1 aromatic carbocycles. The molecule has 0 fully saturated rings. The maximum atomic E-state index is 11.1. The Kier molecular flexibility index (Phi) is 3.52. The zero-order chi connectivity index (χ0) is 11.6. The number of benzene rings is 1. The van der Waals surface area contributed by atoms with Crippen LogP contribution < -0.4 is 5.73 Å². The molecule has 0 aliphatic carbocycles. The number of hydrogen-bond acceptors (Lipinski definition) is 3. The van der Waals surface area contributed by atoms with Crippen molar-refractivity contribution in [2.75, 3.05) is 12.0 Å². The van der Waals surface area contributed by atoms with Gasteiger partial charge in [-0.1, -0.05) is 18.2 Å². The Hall–Kier alpha value is -0.870. The third-order valence-corrected chi connectivity index (χ3v) is 3.49. The van der Waals surface area contributed by atoms with Crippen molar-refractivity contribution >= 4 is 9.84 Å². The van der Waals surface area contributed by atoms with Gasteiger partial charge in [-0.3, -0.25) is 0 Å². The summed E-state index contributed by atoms with van der Waals surface area (Å²) in [5.74, 6) is -0.00269. The van der Waals surface area contributed by atoms with Gasteiger partial charge in [0, 0.05) is 12.3 Å². The molecule has 15 heavy (non-hydrogen) atoms. The summed E-state index contributed by atoms with van der Waals surface area (Å²) < 4.78 is 22.3. The molecule has 4 heteroatoms. The standard InChI is InChI=1S/C11H17NO2S/c1-8-5-4-6-10(9(8)2)11(12)7-15(3,13)14/h4-6,11H,7,12H2,1-3H3. The molecule has 1 unspecified atom stereocenters. The molecule has 0 aromatic heterocycles. The molecule has 0 spiro atoms. The van der Waals surface area contributed by atoms with E-state index in [4.69, 9.17) is 5.73 Å². The van der Waals surface area contributed by atoms with Crippen molar-refractivity contribution in [3.05, 3.63) is 34.9 Å². The van der Waals surface area contributed by atoms with Crippen molar-refractivity contribution in [3.63, 3.8) is 0 Å². The fourth-order valence-corrected chi connectivity index (χ4v) is 2.42. The molecule has 0 radical (unpaired) electrons. The average Bonchev–Trinajstić information content (AvgIpc) is 2.06. The first-order valence-corrected chi connectivity index (χ1v) is 6.87. The molecule has 3 nitrogen and oxygen atoms in total. The normalized spacial score (nSPS) is 13.9. The Bertz CT molecular complexity index is 452. The molecule has 1 rings (SSSR count). The highest BCUT2D eigenvalue weighted by Gasteiger charge is 2.15. The second-order valence-corrected chi connectivity index (χ2v) is 6.17. The Morgan fingerprint density at radius 3 is 2.47 bits per heavy atom. The summed E-state index contributed by atoms with van der Waals surface area (Å²) >= 11 is 0. The highest BCUT2D eigenvalue weighted by molar-refractivity contribution is 7.90. The molecule has 0 amide bonds. The van der Waals surface area contributed by atoms with Gasteiger partial charge in [0.2, 0.25) is 0 Å². The van der Waals surface area contributed by atoms with E-state index in [0.29, 0.717) is 0 Å². The van der Waals surface area contributed by atoms with Crippen LogP contribution in [0.15, 0.2) is 18.2 Å². The Morgan fingerprint density at radius 2 is 1.93 bits per heavy atom. The fraction of sp³-hybridized carbons (Fsp3) is 0.455. The van der Waals surface area contributed by atoms with Crippen molar-refractivity contribution < 1.29 is 8.42 Å². The molecule has 0 saturated carbocycles. The van der Waals surface area contributed by atoms with E-state index >= 15 is 0 Å². The summed E-state index contributed by atoms with van der Waals surface area (Å²) in [6.45, 7) is 3.96. The maximum absolute atomic E-state index is 11.1. The topological polar surface area (TPSA) is 60.2 Å². The number of aryl methyl sites for hydroxylation is 1. The van der Waals surface area contributed by atoms with Gasteiger partial charge in [-0.25, -0.2) is 8.42 Å². The molecule has 84 valence electrons. The minimum atomic E-state index is -3.03. The first kappa shape index (κ1) is 12.2. The molecule has 0 heterocycles.